The van der Waals surface area contributed by atoms with E-state index >= 15 is 0 Å². The van der Waals surface area contributed by atoms with Crippen LogP contribution < -0.4 is 10.2 Å². The topological polar surface area (TPSA) is 71.4 Å². The van der Waals surface area contributed by atoms with Crippen LogP contribution in [-0.2, 0) is 16.1 Å². The van der Waals surface area contributed by atoms with Gasteiger partial charge in [0, 0.05) is 22.7 Å². The second-order valence-corrected chi connectivity index (χ2v) is 7.16. The van der Waals surface area contributed by atoms with E-state index in [9.17, 15) is 14.4 Å². The molecule has 4 amide bonds. The smallest absolute Gasteiger partial charge is 0.335 e. The molecule has 1 aliphatic rings. The number of imide groups is 2. The van der Waals surface area contributed by atoms with Crippen LogP contribution >= 0.6 is 0 Å². The van der Waals surface area contributed by atoms with Crippen molar-refractivity contribution in [3.63, 3.8) is 0 Å². The molecule has 1 N–H and O–H groups in total. The maximum Gasteiger partial charge on any atom is 0.335 e. The van der Waals surface area contributed by atoms with Gasteiger partial charge in [-0.05, 0) is 49.2 Å². The number of hydrogen-bond acceptors (Lipinski definition) is 3. The van der Waals surface area contributed by atoms with Gasteiger partial charge in [-0.1, -0.05) is 30.2 Å². The second-order valence-electron chi connectivity index (χ2n) is 7.16. The number of aromatic nitrogens is 1. The normalized spacial score (nSPS) is 15.6. The predicted molar refractivity (Wildman–Crippen MR) is 116 cm³/mol. The molecule has 0 bridgehead atoms. The highest BCUT2D eigenvalue weighted by molar-refractivity contribution is 6.39. The van der Waals surface area contributed by atoms with Crippen molar-refractivity contribution < 1.29 is 14.4 Å². The number of barbiturate groups is 1. The Hall–Kier alpha value is -4.11. The molecule has 148 valence electrons. The number of amides is 4. The minimum Gasteiger partial charge on any atom is -0.335 e. The third-order valence-corrected chi connectivity index (χ3v) is 5.23. The summed E-state index contributed by atoms with van der Waals surface area (Å²) < 4.78 is 1.87. The minimum absolute atomic E-state index is 0.114. The summed E-state index contributed by atoms with van der Waals surface area (Å²) in [7, 11) is 0. The van der Waals surface area contributed by atoms with Crippen LogP contribution in [0.15, 0.2) is 54.2 Å². The van der Waals surface area contributed by atoms with E-state index in [1.165, 1.54) is 6.08 Å². The number of carbonyl (C=O) groups excluding carboxylic acids is 3. The molecule has 3 aromatic rings. The molecule has 0 radical (unpaired) electrons. The molecule has 1 aromatic heterocycles. The van der Waals surface area contributed by atoms with Gasteiger partial charge < -0.3 is 4.57 Å². The summed E-state index contributed by atoms with van der Waals surface area (Å²) in [6, 6.07) is 12.1. The second kappa shape index (κ2) is 7.37. The van der Waals surface area contributed by atoms with Crippen molar-refractivity contribution in [1.82, 2.24) is 9.88 Å². The zero-order chi connectivity index (χ0) is 21.4. The number of terminal acetylenes is 1. The molecule has 1 aliphatic heterocycles. The van der Waals surface area contributed by atoms with Crippen LogP contribution in [0.1, 0.15) is 16.7 Å². The average molecular weight is 397 g/mol. The molecular weight excluding hydrogens is 378 g/mol. The largest absolute Gasteiger partial charge is 0.335 e. The van der Waals surface area contributed by atoms with Gasteiger partial charge in [0.2, 0.25) is 0 Å². The van der Waals surface area contributed by atoms with Crippen molar-refractivity contribution in [3.8, 4) is 12.3 Å². The summed E-state index contributed by atoms with van der Waals surface area (Å²) in [5.74, 6) is 1.21. The summed E-state index contributed by atoms with van der Waals surface area (Å²) in [4.78, 5) is 39.1. The van der Waals surface area contributed by atoms with Crippen LogP contribution in [0, 0.1) is 26.2 Å². The minimum atomic E-state index is -0.764. The number of hydrogen-bond donors (Lipinski definition) is 1. The van der Waals surface area contributed by atoms with Crippen molar-refractivity contribution in [1.29, 1.82) is 0 Å². The third kappa shape index (κ3) is 3.16. The van der Waals surface area contributed by atoms with Gasteiger partial charge in [0.1, 0.15) is 5.57 Å². The Morgan fingerprint density at radius 1 is 1.07 bits per heavy atom. The highest BCUT2D eigenvalue weighted by Crippen LogP contribution is 2.27. The third-order valence-electron chi connectivity index (χ3n) is 5.23. The maximum atomic E-state index is 13.2. The van der Waals surface area contributed by atoms with E-state index in [0.717, 1.165) is 26.9 Å². The van der Waals surface area contributed by atoms with Gasteiger partial charge >= 0.3 is 6.03 Å². The van der Waals surface area contributed by atoms with E-state index in [0.29, 0.717) is 17.8 Å². The number of nitrogens with one attached hydrogen (secondary N) is 1. The number of urea groups is 1. The molecule has 1 fully saturated rings. The molecule has 4 rings (SSSR count). The zero-order valence-corrected chi connectivity index (χ0v) is 16.6. The summed E-state index contributed by atoms with van der Waals surface area (Å²) in [5.41, 5.74) is 3.84. The van der Waals surface area contributed by atoms with Crippen molar-refractivity contribution >= 4 is 40.5 Å². The first-order valence-corrected chi connectivity index (χ1v) is 9.40. The highest BCUT2D eigenvalue weighted by Gasteiger charge is 2.37. The number of benzene rings is 2. The Morgan fingerprint density at radius 2 is 1.83 bits per heavy atom. The molecule has 2 heterocycles. The fraction of sp³-hybridized carbons (Fsp3) is 0.125. The Morgan fingerprint density at radius 3 is 2.57 bits per heavy atom. The first-order chi connectivity index (χ1) is 14.4. The predicted octanol–water partition coefficient (Wildman–Crippen LogP) is 3.56. The lowest BCUT2D eigenvalue weighted by Crippen LogP contribution is -2.54. The number of fused-ring (bicyclic) bond motifs is 1. The van der Waals surface area contributed by atoms with Gasteiger partial charge in [0.15, 0.2) is 0 Å². The lowest BCUT2D eigenvalue weighted by Gasteiger charge is -2.26. The van der Waals surface area contributed by atoms with Gasteiger partial charge in [0.05, 0.1) is 12.2 Å². The molecule has 2 aromatic carbocycles. The molecule has 0 saturated carbocycles. The summed E-state index contributed by atoms with van der Waals surface area (Å²) >= 11 is 0. The summed E-state index contributed by atoms with van der Waals surface area (Å²) in [6.45, 7) is 4.20. The first kappa shape index (κ1) is 19.2. The Labute approximate surface area is 173 Å². The van der Waals surface area contributed by atoms with Gasteiger partial charge in [0.25, 0.3) is 11.8 Å². The number of rotatable bonds is 3. The molecule has 0 spiro atoms. The van der Waals surface area contributed by atoms with E-state index in [1.807, 2.05) is 48.7 Å². The van der Waals surface area contributed by atoms with Crippen LogP contribution in [0.2, 0.25) is 0 Å². The Bertz CT molecular complexity index is 1290. The lowest BCUT2D eigenvalue weighted by atomic mass is 10.0. The monoisotopic (exact) mass is 397 g/mol. The van der Waals surface area contributed by atoms with Crippen LogP contribution in [0.5, 0.6) is 0 Å². The van der Waals surface area contributed by atoms with E-state index in [2.05, 4.69) is 11.2 Å². The van der Waals surface area contributed by atoms with Crippen molar-refractivity contribution in [2.24, 2.45) is 0 Å². The van der Waals surface area contributed by atoms with Crippen molar-refractivity contribution in [2.75, 3.05) is 4.90 Å². The number of aryl methyl sites for hydroxylation is 2. The van der Waals surface area contributed by atoms with Crippen LogP contribution in [-0.4, -0.2) is 22.4 Å². The highest BCUT2D eigenvalue weighted by atomic mass is 16.2. The number of carbonyl (C=O) groups is 3. The van der Waals surface area contributed by atoms with Gasteiger partial charge in [-0.15, -0.1) is 6.42 Å². The fourth-order valence-electron chi connectivity index (χ4n) is 3.53. The molecule has 0 atom stereocenters. The Balaban J connectivity index is 1.81. The number of anilines is 1. The van der Waals surface area contributed by atoms with Crippen molar-refractivity contribution in [3.05, 3.63) is 70.9 Å². The van der Waals surface area contributed by atoms with E-state index < -0.39 is 17.8 Å². The van der Waals surface area contributed by atoms with E-state index in [-0.39, 0.29) is 5.57 Å². The molecular formula is C24H19N3O3. The molecule has 1 saturated heterocycles. The average Bonchev–Trinajstić information content (AvgIpc) is 3.06. The summed E-state index contributed by atoms with van der Waals surface area (Å²) in [6.07, 6.45) is 8.77. The molecule has 6 heteroatoms. The Kier molecular flexibility index (Phi) is 4.72. The maximum absolute atomic E-state index is 13.2. The fourth-order valence-corrected chi connectivity index (χ4v) is 3.53. The molecule has 0 unspecified atom stereocenters. The van der Waals surface area contributed by atoms with Gasteiger partial charge in [-0.25, -0.2) is 9.69 Å². The summed E-state index contributed by atoms with van der Waals surface area (Å²) in [5, 5.41) is 3.12. The van der Waals surface area contributed by atoms with Crippen LogP contribution in [0.3, 0.4) is 0 Å². The molecule has 0 aliphatic carbocycles. The number of para-hydroxylation sites is 1. The standard InChI is InChI=1S/C24H19N3O3/c1-4-11-26-14-17(19-7-5-6-8-21(19)26)13-20-22(28)25-24(30)27(23(20)29)18-10-9-15(2)16(3)12-18/h1,5-10,12-14H,11H2,2-3H3,(H,25,28,30). The quantitative estimate of drug-likeness (QED) is 0.417. The lowest BCUT2D eigenvalue weighted by molar-refractivity contribution is -0.122. The van der Waals surface area contributed by atoms with Crippen molar-refractivity contribution in [2.45, 2.75) is 20.4 Å². The SMILES string of the molecule is C#CCn1cc(C=C2C(=O)NC(=O)N(c3ccc(C)c(C)c3)C2=O)c2ccccc21. The first-order valence-electron chi connectivity index (χ1n) is 9.40. The van der Waals surface area contributed by atoms with E-state index in [4.69, 9.17) is 6.42 Å². The zero-order valence-electron chi connectivity index (χ0n) is 16.6. The van der Waals surface area contributed by atoms with E-state index in [1.54, 1.807) is 18.3 Å². The molecule has 6 nitrogen and oxygen atoms in total. The molecule has 30 heavy (non-hydrogen) atoms. The van der Waals surface area contributed by atoms with Gasteiger partial charge in [-0.2, -0.15) is 0 Å². The van der Waals surface area contributed by atoms with Crippen LogP contribution in [0.4, 0.5) is 10.5 Å². The van der Waals surface area contributed by atoms with Crippen LogP contribution in [0.25, 0.3) is 17.0 Å². The van der Waals surface area contributed by atoms with Gasteiger partial charge in [-0.3, -0.25) is 14.9 Å². The number of nitrogens with zero attached hydrogens (tertiary/aromatic N) is 2.